The zero-order valence-corrected chi connectivity index (χ0v) is 5.58. The molecular formula is C6H4FeO2. The van der Waals surface area contributed by atoms with Crippen LogP contribution in [0.15, 0.2) is 24.3 Å². The molecule has 0 fully saturated rings. The maximum Gasteiger partial charge on any atom is 0.225 e. The number of ketones is 2. The Bertz CT molecular complexity index is 169. The molecule has 0 aromatic heterocycles. The normalized spacial score (nSPS) is 15.6. The Labute approximate surface area is 63.1 Å². The molecule has 48 valence electrons. The van der Waals surface area contributed by atoms with Crippen molar-refractivity contribution in [2.24, 2.45) is 0 Å². The maximum atomic E-state index is 10.3. The Morgan fingerprint density at radius 2 is 1.22 bits per heavy atom. The molecule has 0 amide bonds. The largest absolute Gasteiger partial charge is 0.286 e. The summed E-state index contributed by atoms with van der Waals surface area (Å²) in [5, 5.41) is 0. The Morgan fingerprint density at radius 3 is 1.44 bits per heavy atom. The van der Waals surface area contributed by atoms with Gasteiger partial charge in [-0.2, -0.15) is 0 Å². The minimum Gasteiger partial charge on any atom is -0.286 e. The Kier molecular flexibility index (Phi) is 3.13. The Balaban J connectivity index is 0.000000640. The molecule has 1 aliphatic rings. The topological polar surface area (TPSA) is 34.1 Å². The van der Waals surface area contributed by atoms with Crippen molar-refractivity contribution < 1.29 is 26.7 Å². The van der Waals surface area contributed by atoms with Crippen LogP contribution in [0.3, 0.4) is 0 Å². The first-order valence-corrected chi connectivity index (χ1v) is 2.24. The average Bonchev–Trinajstić information content (AvgIpc) is 1.77. The number of allylic oxidation sites excluding steroid dienone is 4. The summed E-state index contributed by atoms with van der Waals surface area (Å²) in [6, 6.07) is 0. The summed E-state index contributed by atoms with van der Waals surface area (Å²) in [6.45, 7) is 0. The van der Waals surface area contributed by atoms with Gasteiger partial charge >= 0.3 is 0 Å². The van der Waals surface area contributed by atoms with Crippen LogP contribution in [0.4, 0.5) is 0 Å². The Hall–Kier alpha value is -0.661. The van der Waals surface area contributed by atoms with Crippen molar-refractivity contribution in [2.45, 2.75) is 0 Å². The molecule has 0 N–H and O–H groups in total. The quantitative estimate of drug-likeness (QED) is 0.292. The van der Waals surface area contributed by atoms with Gasteiger partial charge in [-0.05, 0) is 12.2 Å². The molecule has 0 atom stereocenters. The van der Waals surface area contributed by atoms with Crippen molar-refractivity contribution in [2.75, 3.05) is 0 Å². The minimum atomic E-state index is -0.437. The van der Waals surface area contributed by atoms with Gasteiger partial charge < -0.3 is 0 Å². The first kappa shape index (κ1) is 8.34. The van der Waals surface area contributed by atoms with Gasteiger partial charge in [-0.3, -0.25) is 9.59 Å². The molecule has 3 heteroatoms. The summed E-state index contributed by atoms with van der Waals surface area (Å²) in [5.41, 5.74) is 0. The predicted octanol–water partition coefficient (Wildman–Crippen LogP) is 0.248. The van der Waals surface area contributed by atoms with E-state index in [-0.39, 0.29) is 17.1 Å². The molecule has 0 aromatic carbocycles. The third-order valence-corrected chi connectivity index (χ3v) is 0.849. The SMILES string of the molecule is O=C1C=CC=CC1=O.[Fe]. The molecule has 2 nitrogen and oxygen atoms in total. The van der Waals surface area contributed by atoms with Crippen molar-refractivity contribution in [3.63, 3.8) is 0 Å². The second kappa shape index (κ2) is 3.38. The summed E-state index contributed by atoms with van der Waals surface area (Å²) >= 11 is 0. The number of rotatable bonds is 0. The van der Waals surface area contributed by atoms with E-state index in [0.29, 0.717) is 0 Å². The Morgan fingerprint density at radius 1 is 0.889 bits per heavy atom. The predicted molar refractivity (Wildman–Crippen MR) is 28.3 cm³/mol. The smallest absolute Gasteiger partial charge is 0.225 e. The molecule has 1 aliphatic carbocycles. The molecule has 0 spiro atoms. The standard InChI is InChI=1S/C6H4O2.Fe/c7-5-3-1-2-4-6(5)8;/h1-4H;. The zero-order valence-electron chi connectivity index (χ0n) is 4.48. The van der Waals surface area contributed by atoms with E-state index in [1.807, 2.05) is 0 Å². The van der Waals surface area contributed by atoms with Crippen LogP contribution in [0.25, 0.3) is 0 Å². The van der Waals surface area contributed by atoms with Crippen LogP contribution in [0.5, 0.6) is 0 Å². The van der Waals surface area contributed by atoms with E-state index >= 15 is 0 Å². The van der Waals surface area contributed by atoms with Crippen LogP contribution < -0.4 is 0 Å². The van der Waals surface area contributed by atoms with E-state index in [1.165, 1.54) is 12.2 Å². The maximum absolute atomic E-state index is 10.3. The van der Waals surface area contributed by atoms with Crippen LogP contribution in [0.2, 0.25) is 0 Å². The van der Waals surface area contributed by atoms with Crippen molar-refractivity contribution in [3.05, 3.63) is 24.3 Å². The second-order valence-electron chi connectivity index (χ2n) is 1.45. The molecule has 0 aliphatic heterocycles. The molecule has 9 heavy (non-hydrogen) atoms. The van der Waals surface area contributed by atoms with Crippen LogP contribution >= 0.6 is 0 Å². The third kappa shape index (κ3) is 1.96. The van der Waals surface area contributed by atoms with Crippen LogP contribution in [-0.4, -0.2) is 11.6 Å². The van der Waals surface area contributed by atoms with Crippen molar-refractivity contribution >= 4 is 11.6 Å². The van der Waals surface area contributed by atoms with Crippen molar-refractivity contribution in [3.8, 4) is 0 Å². The van der Waals surface area contributed by atoms with Crippen LogP contribution in [0.1, 0.15) is 0 Å². The van der Waals surface area contributed by atoms with Gasteiger partial charge in [0, 0.05) is 17.1 Å². The first-order valence-electron chi connectivity index (χ1n) is 2.24. The van der Waals surface area contributed by atoms with E-state index in [0.717, 1.165) is 0 Å². The van der Waals surface area contributed by atoms with Gasteiger partial charge in [0.1, 0.15) is 0 Å². The van der Waals surface area contributed by atoms with Gasteiger partial charge in [-0.25, -0.2) is 0 Å². The number of hydrogen-bond acceptors (Lipinski definition) is 2. The van der Waals surface area contributed by atoms with Crippen molar-refractivity contribution in [1.29, 1.82) is 0 Å². The summed E-state index contributed by atoms with van der Waals surface area (Å²) in [6.07, 6.45) is 5.60. The number of carbonyl (C=O) groups is 2. The fraction of sp³-hybridized carbons (Fsp3) is 0. The van der Waals surface area contributed by atoms with E-state index in [4.69, 9.17) is 0 Å². The van der Waals surface area contributed by atoms with Gasteiger partial charge in [0.2, 0.25) is 11.6 Å². The average molecular weight is 164 g/mol. The molecule has 0 radical (unpaired) electrons. The van der Waals surface area contributed by atoms with Gasteiger partial charge in [0.25, 0.3) is 0 Å². The van der Waals surface area contributed by atoms with E-state index < -0.39 is 11.6 Å². The summed E-state index contributed by atoms with van der Waals surface area (Å²) in [7, 11) is 0. The zero-order chi connectivity index (χ0) is 5.98. The third-order valence-electron chi connectivity index (χ3n) is 0.849. The van der Waals surface area contributed by atoms with Gasteiger partial charge in [-0.1, -0.05) is 12.2 Å². The van der Waals surface area contributed by atoms with E-state index in [1.54, 1.807) is 12.2 Å². The van der Waals surface area contributed by atoms with Crippen LogP contribution in [0, 0.1) is 0 Å². The van der Waals surface area contributed by atoms with Gasteiger partial charge in [0.15, 0.2) is 0 Å². The monoisotopic (exact) mass is 164 g/mol. The van der Waals surface area contributed by atoms with E-state index in [9.17, 15) is 9.59 Å². The van der Waals surface area contributed by atoms with Crippen molar-refractivity contribution in [1.82, 2.24) is 0 Å². The molecule has 1 rings (SSSR count). The fourth-order valence-corrected chi connectivity index (χ4v) is 0.450. The first-order chi connectivity index (χ1) is 3.80. The molecule has 0 bridgehead atoms. The molecule has 0 unspecified atom stereocenters. The summed E-state index contributed by atoms with van der Waals surface area (Å²) < 4.78 is 0. The summed E-state index contributed by atoms with van der Waals surface area (Å²) in [5.74, 6) is -0.875. The molecule has 0 saturated heterocycles. The minimum absolute atomic E-state index is 0. The van der Waals surface area contributed by atoms with Crippen LogP contribution in [-0.2, 0) is 26.7 Å². The molecule has 0 heterocycles. The number of hydrogen-bond donors (Lipinski definition) is 0. The van der Waals surface area contributed by atoms with Gasteiger partial charge in [0.05, 0.1) is 0 Å². The fourth-order valence-electron chi connectivity index (χ4n) is 0.450. The second-order valence-corrected chi connectivity index (χ2v) is 1.45. The molecule has 0 saturated carbocycles. The summed E-state index contributed by atoms with van der Waals surface area (Å²) in [4.78, 5) is 20.6. The van der Waals surface area contributed by atoms with Gasteiger partial charge in [-0.15, -0.1) is 0 Å². The van der Waals surface area contributed by atoms with E-state index in [2.05, 4.69) is 0 Å². The molecule has 0 aromatic rings. The molecular weight excluding hydrogens is 160 g/mol. The number of carbonyl (C=O) groups excluding carboxylic acids is 2.